The van der Waals surface area contributed by atoms with Gasteiger partial charge in [-0.3, -0.25) is 33.6 Å². The first-order chi connectivity index (χ1) is 29.5. The minimum atomic E-state index is -1.28. The highest BCUT2D eigenvalue weighted by atomic mass is 32.1. The SMILES string of the molecule is O=C(O)CNC(=O)[C@H]1Cc2ccc(cc2)NC(=O)CCC(=O)N[C@H](Cc2cccs2)C(=O)N[C@@H](Cc2ccc(-c3ccccc3)cc2)C(=O)N[C@H](Cc2ccccc2)C(=O)N1. The predicted molar refractivity (Wildman–Crippen MR) is 230 cm³/mol. The van der Waals surface area contributed by atoms with Gasteiger partial charge in [-0.05, 0) is 51.4 Å². The van der Waals surface area contributed by atoms with Crippen LogP contribution in [0.4, 0.5) is 5.69 Å². The van der Waals surface area contributed by atoms with Gasteiger partial charge in [0.25, 0.3) is 0 Å². The molecule has 3 heterocycles. The fourth-order valence-corrected chi connectivity index (χ4v) is 7.55. The van der Waals surface area contributed by atoms with Gasteiger partial charge in [0.1, 0.15) is 30.7 Å². The van der Waals surface area contributed by atoms with E-state index >= 15 is 0 Å². The van der Waals surface area contributed by atoms with Crippen molar-refractivity contribution in [1.82, 2.24) is 26.6 Å². The average Bonchev–Trinajstić information content (AvgIpc) is 3.78. The number of carbonyl (C=O) groups is 7. The lowest BCUT2D eigenvalue weighted by molar-refractivity contribution is -0.138. The number of hydrogen-bond donors (Lipinski definition) is 7. The summed E-state index contributed by atoms with van der Waals surface area (Å²) in [6.45, 7) is -0.696. The molecule has 1 aromatic heterocycles. The van der Waals surface area contributed by atoms with E-state index in [2.05, 4.69) is 31.9 Å². The van der Waals surface area contributed by atoms with Gasteiger partial charge in [-0.15, -0.1) is 11.3 Å². The summed E-state index contributed by atoms with van der Waals surface area (Å²) in [4.78, 5) is 94.8. The van der Waals surface area contributed by atoms with Crippen LogP contribution >= 0.6 is 11.3 Å². The number of aliphatic carboxylic acids is 1. The molecule has 4 atom stereocenters. The second-order valence-electron chi connectivity index (χ2n) is 14.6. The van der Waals surface area contributed by atoms with Gasteiger partial charge < -0.3 is 37.0 Å². The highest BCUT2D eigenvalue weighted by Gasteiger charge is 2.32. The Hall–Kier alpha value is -7.13. The van der Waals surface area contributed by atoms with Crippen LogP contribution in [0, 0.1) is 0 Å². The van der Waals surface area contributed by atoms with E-state index < -0.39 is 72.1 Å². The third kappa shape index (κ3) is 13.2. The highest BCUT2D eigenvalue weighted by Crippen LogP contribution is 2.21. The van der Waals surface area contributed by atoms with Crippen LogP contribution in [0.2, 0.25) is 0 Å². The molecule has 0 saturated carbocycles. The molecule has 2 aliphatic heterocycles. The molecule has 0 radical (unpaired) electrons. The number of fused-ring (bicyclic) bond motifs is 18. The molecule has 14 nitrogen and oxygen atoms in total. The minimum Gasteiger partial charge on any atom is -0.480 e. The standard InChI is InChI=1S/C46H46N6O8S/c53-40-21-22-41(54)49-39(27-35-12-7-23-61-35)46(60)52-38(26-30-13-17-33(18-14-30)32-10-5-2-6-11-32)45(59)51-37(24-29-8-3-1-4-9-29)44(58)50-36(43(57)47-28-42(55)56)25-31-15-19-34(48-40)20-16-31/h1-20,23,36-39H,21-22,24-28H2,(H,47,57)(H,48,53)(H,49,54)(H,50,58)(H,51,59)(H,52,60)(H,55,56)/t36-,37-,38+,39-/m1/s1. The van der Waals surface area contributed by atoms with Crippen LogP contribution < -0.4 is 31.9 Å². The van der Waals surface area contributed by atoms with Crippen LogP contribution in [-0.4, -0.2) is 77.2 Å². The Kier molecular flexibility index (Phi) is 15.1. The normalized spacial score (nSPS) is 19.2. The summed E-state index contributed by atoms with van der Waals surface area (Å²) in [5.41, 5.74) is 4.30. The minimum absolute atomic E-state index is 0.000226. The molecule has 7 rings (SSSR count). The number of hydrogen-bond acceptors (Lipinski definition) is 8. The smallest absolute Gasteiger partial charge is 0.322 e. The van der Waals surface area contributed by atoms with E-state index in [-0.39, 0.29) is 38.5 Å². The van der Waals surface area contributed by atoms with Crippen LogP contribution in [-0.2, 0) is 59.2 Å². The summed E-state index contributed by atoms with van der Waals surface area (Å²) in [5.74, 6) is -5.14. The van der Waals surface area contributed by atoms with Crippen molar-refractivity contribution in [2.24, 2.45) is 0 Å². The molecule has 0 saturated heterocycles. The maximum Gasteiger partial charge on any atom is 0.322 e. The van der Waals surface area contributed by atoms with Gasteiger partial charge in [0.05, 0.1) is 0 Å². The highest BCUT2D eigenvalue weighted by molar-refractivity contribution is 7.09. The largest absolute Gasteiger partial charge is 0.480 e. The van der Waals surface area contributed by atoms with Crippen LogP contribution in [0.15, 0.2) is 127 Å². The van der Waals surface area contributed by atoms with Crippen LogP contribution in [0.5, 0.6) is 0 Å². The van der Waals surface area contributed by atoms with Crippen molar-refractivity contribution in [3.05, 3.63) is 148 Å². The lowest BCUT2D eigenvalue weighted by Crippen LogP contribution is -2.59. The van der Waals surface area contributed by atoms with E-state index in [9.17, 15) is 38.7 Å². The molecule has 4 aromatic carbocycles. The number of nitrogens with one attached hydrogen (secondary N) is 6. The maximum absolute atomic E-state index is 14.5. The van der Waals surface area contributed by atoms with Crippen molar-refractivity contribution in [3.63, 3.8) is 0 Å². The molecule has 61 heavy (non-hydrogen) atoms. The number of carboxylic acids is 1. The number of thiophene rings is 1. The van der Waals surface area contributed by atoms with Crippen molar-refractivity contribution in [3.8, 4) is 11.1 Å². The lowest BCUT2D eigenvalue weighted by Gasteiger charge is -2.27. The van der Waals surface area contributed by atoms with Gasteiger partial charge in [0.2, 0.25) is 35.4 Å². The van der Waals surface area contributed by atoms with Crippen molar-refractivity contribution >= 4 is 58.4 Å². The van der Waals surface area contributed by atoms with E-state index in [0.717, 1.165) is 16.0 Å². The summed E-state index contributed by atoms with van der Waals surface area (Å²) < 4.78 is 0. The number of amides is 6. The van der Waals surface area contributed by atoms with Crippen LogP contribution in [0.25, 0.3) is 11.1 Å². The molecular weight excluding hydrogens is 797 g/mol. The fraction of sp³-hybridized carbons (Fsp3) is 0.239. The Morgan fingerprint density at radius 1 is 0.590 bits per heavy atom. The molecule has 0 unspecified atom stereocenters. The Labute approximate surface area is 356 Å². The van der Waals surface area contributed by atoms with E-state index in [4.69, 9.17) is 0 Å². The summed E-state index contributed by atoms with van der Waals surface area (Å²) in [6, 6.07) is 31.3. The Balaban J connectivity index is 1.36. The first-order valence-corrected chi connectivity index (χ1v) is 20.7. The fourth-order valence-electron chi connectivity index (χ4n) is 6.80. The van der Waals surface area contributed by atoms with E-state index in [0.29, 0.717) is 22.4 Å². The molecule has 314 valence electrons. The molecule has 0 spiro atoms. The molecule has 6 amide bonds. The first-order valence-electron chi connectivity index (χ1n) is 19.8. The topological polar surface area (TPSA) is 212 Å². The summed E-state index contributed by atoms with van der Waals surface area (Å²) in [6.07, 6.45) is -0.370. The molecule has 7 N–H and O–H groups in total. The zero-order chi connectivity index (χ0) is 43.1. The maximum atomic E-state index is 14.5. The second-order valence-corrected chi connectivity index (χ2v) is 15.6. The number of benzene rings is 4. The van der Waals surface area contributed by atoms with Crippen LogP contribution in [0.1, 0.15) is 34.4 Å². The van der Waals surface area contributed by atoms with Gasteiger partial charge in [-0.1, -0.05) is 103 Å². The van der Waals surface area contributed by atoms with Crippen molar-refractivity contribution in [1.29, 1.82) is 0 Å². The van der Waals surface area contributed by atoms with Gasteiger partial charge in [-0.2, -0.15) is 0 Å². The average molecular weight is 843 g/mol. The molecule has 0 aliphatic carbocycles. The summed E-state index contributed by atoms with van der Waals surface area (Å²) in [5, 5.41) is 27.3. The number of carbonyl (C=O) groups excluding carboxylic acids is 6. The Bertz CT molecular complexity index is 2310. The lowest BCUT2D eigenvalue weighted by atomic mass is 9.99. The van der Waals surface area contributed by atoms with Gasteiger partial charge in [0.15, 0.2) is 0 Å². The van der Waals surface area contributed by atoms with E-state index in [1.807, 2.05) is 72.1 Å². The number of anilines is 1. The van der Waals surface area contributed by atoms with Gasteiger partial charge in [-0.25, -0.2) is 0 Å². The molecule has 0 fully saturated rings. The number of carboxylic acid groups (broad SMARTS) is 1. The van der Waals surface area contributed by atoms with E-state index in [1.165, 1.54) is 11.3 Å². The predicted octanol–water partition coefficient (Wildman–Crippen LogP) is 3.56. The zero-order valence-electron chi connectivity index (χ0n) is 33.1. The molecule has 15 heteroatoms. The molecule has 2 bridgehead atoms. The van der Waals surface area contributed by atoms with E-state index in [1.54, 1.807) is 54.6 Å². The first kappa shape index (κ1) is 43.4. The zero-order valence-corrected chi connectivity index (χ0v) is 33.9. The summed E-state index contributed by atoms with van der Waals surface area (Å²) >= 11 is 1.39. The third-order valence-corrected chi connectivity index (χ3v) is 10.9. The monoisotopic (exact) mass is 842 g/mol. The quantitative estimate of drug-likeness (QED) is 0.103. The third-order valence-electron chi connectivity index (χ3n) is 9.99. The molecule has 2 aliphatic rings. The molecular formula is C46H46N6O8S. The van der Waals surface area contributed by atoms with Crippen molar-refractivity contribution in [2.75, 3.05) is 11.9 Å². The van der Waals surface area contributed by atoms with Crippen LogP contribution in [0.3, 0.4) is 0 Å². The van der Waals surface area contributed by atoms with Gasteiger partial charge >= 0.3 is 5.97 Å². The summed E-state index contributed by atoms with van der Waals surface area (Å²) in [7, 11) is 0. The second kappa shape index (κ2) is 21.2. The Morgan fingerprint density at radius 2 is 1.15 bits per heavy atom. The molecule has 5 aromatic rings. The number of rotatable bonds is 10. The van der Waals surface area contributed by atoms with Gasteiger partial charge in [0, 0.05) is 49.1 Å². The van der Waals surface area contributed by atoms with Crippen molar-refractivity contribution < 1.29 is 38.7 Å². The van der Waals surface area contributed by atoms with Crippen molar-refractivity contribution in [2.45, 2.75) is 62.7 Å². The Morgan fingerprint density at radius 3 is 1.75 bits per heavy atom.